The molecule has 0 amide bonds. The molecule has 0 atom stereocenters. The molecule has 3 aromatic carbocycles. The highest BCUT2D eigenvalue weighted by Crippen LogP contribution is 2.52. The van der Waals surface area contributed by atoms with E-state index < -0.39 is 0 Å². The van der Waals surface area contributed by atoms with E-state index in [1.165, 1.54) is 54.9 Å². The van der Waals surface area contributed by atoms with Crippen LogP contribution in [0, 0.1) is 6.92 Å². The molecule has 0 spiro atoms. The minimum atomic E-state index is -0.184. The van der Waals surface area contributed by atoms with E-state index in [-0.39, 0.29) is 5.41 Å². The van der Waals surface area contributed by atoms with Crippen molar-refractivity contribution in [3.05, 3.63) is 76.5 Å². The second-order valence-electron chi connectivity index (χ2n) is 11.0. The lowest BCUT2D eigenvalue weighted by molar-refractivity contribution is 0.633. The highest BCUT2D eigenvalue weighted by Gasteiger charge is 2.36. The summed E-state index contributed by atoms with van der Waals surface area (Å²) in [5.74, 6) is 0.728. The number of aryl methyl sites for hydroxylation is 1. The number of furan rings is 1. The van der Waals surface area contributed by atoms with E-state index in [9.17, 15) is 0 Å². The molecular weight excluding hydrogens is 402 g/mol. The smallest absolute Gasteiger partial charge is 0.142 e. The number of hydrogen-bond donors (Lipinski definition) is 0. The van der Waals surface area contributed by atoms with E-state index in [1.54, 1.807) is 0 Å². The molecule has 1 aliphatic carbocycles. The van der Waals surface area contributed by atoms with Gasteiger partial charge in [0.2, 0.25) is 0 Å². The molecule has 0 fully saturated rings. The predicted molar refractivity (Wildman–Crippen MR) is 139 cm³/mol. The van der Waals surface area contributed by atoms with Crippen LogP contribution in [0.25, 0.3) is 44.0 Å². The van der Waals surface area contributed by atoms with E-state index in [1.807, 2.05) is 6.20 Å². The first-order valence-electron chi connectivity index (χ1n) is 12.1. The monoisotopic (exact) mass is 433 g/mol. The maximum atomic E-state index is 6.77. The number of benzene rings is 3. The second-order valence-corrected chi connectivity index (χ2v) is 11.0. The highest BCUT2D eigenvalue weighted by atomic mass is 16.3. The van der Waals surface area contributed by atoms with Crippen LogP contribution in [0.5, 0.6) is 0 Å². The summed E-state index contributed by atoms with van der Waals surface area (Å²) in [6, 6.07) is 16.1. The maximum Gasteiger partial charge on any atom is 0.142 e. The van der Waals surface area contributed by atoms with Crippen LogP contribution in [0.4, 0.5) is 0 Å². The van der Waals surface area contributed by atoms with Gasteiger partial charge in [-0.15, -0.1) is 0 Å². The van der Waals surface area contributed by atoms with Crippen LogP contribution < -0.4 is 0 Å². The third kappa shape index (κ3) is 2.70. The Hall–Kier alpha value is -3.13. The van der Waals surface area contributed by atoms with Crippen LogP contribution in [0.15, 0.2) is 53.1 Å². The van der Waals surface area contributed by atoms with Crippen molar-refractivity contribution in [3.8, 4) is 11.3 Å². The first-order chi connectivity index (χ1) is 15.7. The molecule has 5 aromatic rings. The predicted octanol–water partition coefficient (Wildman–Crippen LogP) is 9.00. The lowest BCUT2D eigenvalue weighted by Gasteiger charge is -2.28. The molecule has 0 N–H and O–H groups in total. The van der Waals surface area contributed by atoms with Gasteiger partial charge in [-0.3, -0.25) is 4.98 Å². The zero-order valence-corrected chi connectivity index (χ0v) is 20.6. The fourth-order valence-corrected chi connectivity index (χ4v) is 5.78. The zero-order chi connectivity index (χ0) is 23.2. The summed E-state index contributed by atoms with van der Waals surface area (Å²) in [6.45, 7) is 15.8. The molecule has 0 bridgehead atoms. The molecule has 2 aromatic heterocycles. The third-order valence-electron chi connectivity index (χ3n) is 7.68. The number of aromatic nitrogens is 1. The van der Waals surface area contributed by atoms with Gasteiger partial charge in [0, 0.05) is 28.1 Å². The van der Waals surface area contributed by atoms with Gasteiger partial charge in [-0.25, -0.2) is 0 Å². The number of nitrogens with zero attached hydrogens (tertiary/aromatic N) is 1. The number of fused-ring (bicyclic) bond motifs is 3. The number of pyridine rings is 1. The fourth-order valence-electron chi connectivity index (χ4n) is 5.78. The first-order valence-corrected chi connectivity index (χ1v) is 12.1. The normalized spacial score (nSPS) is 14.7. The van der Waals surface area contributed by atoms with Gasteiger partial charge in [0.05, 0.1) is 11.1 Å². The van der Waals surface area contributed by atoms with Gasteiger partial charge in [-0.05, 0) is 58.4 Å². The summed E-state index contributed by atoms with van der Waals surface area (Å²) in [5.41, 5.74) is 10.5. The minimum Gasteiger partial charge on any atom is -0.455 e. The molecule has 0 saturated carbocycles. The van der Waals surface area contributed by atoms with Crippen molar-refractivity contribution in [1.29, 1.82) is 0 Å². The topological polar surface area (TPSA) is 26.0 Å². The molecule has 33 heavy (non-hydrogen) atoms. The van der Waals surface area contributed by atoms with Crippen molar-refractivity contribution in [3.63, 3.8) is 0 Å². The molecule has 6 rings (SSSR count). The van der Waals surface area contributed by atoms with E-state index in [2.05, 4.69) is 90.9 Å². The van der Waals surface area contributed by atoms with Gasteiger partial charge in [-0.1, -0.05) is 77.4 Å². The molecular formula is C31H31NO. The summed E-state index contributed by atoms with van der Waals surface area (Å²) in [5, 5.41) is 4.99. The Morgan fingerprint density at radius 2 is 1.48 bits per heavy atom. The van der Waals surface area contributed by atoms with Gasteiger partial charge < -0.3 is 4.42 Å². The average Bonchev–Trinajstić information content (AvgIpc) is 3.13. The summed E-state index contributed by atoms with van der Waals surface area (Å²) in [4.78, 5) is 5.12. The van der Waals surface area contributed by atoms with Crippen LogP contribution in [0.2, 0.25) is 0 Å². The van der Waals surface area contributed by atoms with Crippen molar-refractivity contribution in [2.24, 2.45) is 0 Å². The third-order valence-corrected chi connectivity index (χ3v) is 7.68. The molecule has 2 heteroatoms. The average molecular weight is 434 g/mol. The molecule has 0 aliphatic heterocycles. The SMILES string of the molecule is Cc1ccc2cc3c(cc2c1)C(C)(C)c1ccc(C(C)C)c2oc4c(C(C)C)cnc-3c4c12. The Morgan fingerprint density at radius 1 is 0.758 bits per heavy atom. The standard InChI is InChI=1S/C31H31NO/c1-16(2)21-10-11-24-26-27-28(32-15-23(17(3)4)30(27)33-29(21)26)22-13-19-9-8-18(5)12-20(19)14-25(22)31(24,6)7/h8-17H,1-7H3. The molecule has 0 radical (unpaired) electrons. The molecule has 2 heterocycles. The van der Waals surface area contributed by atoms with E-state index in [0.717, 1.165) is 16.9 Å². The summed E-state index contributed by atoms with van der Waals surface area (Å²) in [6.07, 6.45) is 2.04. The quantitative estimate of drug-likeness (QED) is 0.277. The van der Waals surface area contributed by atoms with Crippen LogP contribution in [0.3, 0.4) is 0 Å². The fraction of sp³-hybridized carbons (Fsp3) is 0.323. The zero-order valence-electron chi connectivity index (χ0n) is 20.6. The summed E-state index contributed by atoms with van der Waals surface area (Å²) >= 11 is 0. The van der Waals surface area contributed by atoms with Crippen molar-refractivity contribution in [1.82, 2.24) is 4.98 Å². The Morgan fingerprint density at radius 3 is 2.21 bits per heavy atom. The van der Waals surface area contributed by atoms with Crippen molar-refractivity contribution in [2.75, 3.05) is 0 Å². The summed E-state index contributed by atoms with van der Waals surface area (Å²) in [7, 11) is 0. The second kappa shape index (κ2) is 6.70. The van der Waals surface area contributed by atoms with Crippen LogP contribution in [-0.2, 0) is 5.41 Å². The molecule has 1 aliphatic rings. The van der Waals surface area contributed by atoms with Crippen LogP contribution in [-0.4, -0.2) is 4.98 Å². The molecule has 2 nitrogen and oxygen atoms in total. The Bertz CT molecular complexity index is 1600. The Labute approximate surface area is 195 Å². The molecule has 166 valence electrons. The van der Waals surface area contributed by atoms with Crippen molar-refractivity contribution in [2.45, 2.75) is 65.7 Å². The van der Waals surface area contributed by atoms with E-state index in [0.29, 0.717) is 11.8 Å². The van der Waals surface area contributed by atoms with Gasteiger partial charge in [0.25, 0.3) is 0 Å². The Kier molecular flexibility index (Phi) is 4.15. The number of rotatable bonds is 2. The number of hydrogen-bond acceptors (Lipinski definition) is 2. The highest BCUT2D eigenvalue weighted by molar-refractivity contribution is 6.16. The first kappa shape index (κ1) is 20.5. The minimum absolute atomic E-state index is 0.184. The van der Waals surface area contributed by atoms with E-state index >= 15 is 0 Å². The lowest BCUT2D eigenvalue weighted by atomic mass is 9.74. The van der Waals surface area contributed by atoms with Crippen LogP contribution >= 0.6 is 0 Å². The van der Waals surface area contributed by atoms with Gasteiger partial charge in [-0.2, -0.15) is 0 Å². The van der Waals surface area contributed by atoms with Gasteiger partial charge in [0.15, 0.2) is 0 Å². The lowest BCUT2D eigenvalue weighted by Crippen LogP contribution is -2.20. The molecule has 0 saturated heterocycles. The maximum absolute atomic E-state index is 6.77. The molecule has 0 unspecified atom stereocenters. The van der Waals surface area contributed by atoms with Crippen LogP contribution in [0.1, 0.15) is 81.2 Å². The van der Waals surface area contributed by atoms with Crippen molar-refractivity contribution >= 4 is 32.7 Å². The largest absolute Gasteiger partial charge is 0.455 e. The Balaban J connectivity index is 1.87. The van der Waals surface area contributed by atoms with Crippen molar-refractivity contribution < 1.29 is 4.42 Å². The van der Waals surface area contributed by atoms with Gasteiger partial charge >= 0.3 is 0 Å². The summed E-state index contributed by atoms with van der Waals surface area (Å²) < 4.78 is 6.77. The van der Waals surface area contributed by atoms with Gasteiger partial charge in [0.1, 0.15) is 11.2 Å². The van der Waals surface area contributed by atoms with E-state index in [4.69, 9.17) is 9.40 Å².